The fourth-order valence-electron chi connectivity index (χ4n) is 2.45. The van der Waals surface area contributed by atoms with Crippen molar-refractivity contribution in [1.82, 2.24) is 10.2 Å². The van der Waals surface area contributed by atoms with Gasteiger partial charge in [0.25, 0.3) is 5.91 Å². The van der Waals surface area contributed by atoms with E-state index >= 15 is 0 Å². The van der Waals surface area contributed by atoms with Gasteiger partial charge < -0.3 is 19.9 Å². The maximum absolute atomic E-state index is 12.2. The highest BCUT2D eigenvalue weighted by molar-refractivity contribution is 5.99. The third-order valence-electron chi connectivity index (χ3n) is 3.63. The number of fused-ring (bicyclic) bond motifs is 1. The average Bonchev–Trinajstić information content (AvgIpc) is 2.78. The summed E-state index contributed by atoms with van der Waals surface area (Å²) >= 11 is 0. The molecule has 1 aliphatic rings. The molecule has 6 heteroatoms. The molecule has 0 aromatic heterocycles. The lowest BCUT2D eigenvalue weighted by molar-refractivity contribution is 0.0284. The Bertz CT molecular complexity index is 633. The molecule has 0 saturated heterocycles. The number of rotatable bonds is 3. The molecule has 1 aromatic rings. The maximum Gasteiger partial charge on any atom is 0.410 e. The van der Waals surface area contributed by atoms with E-state index in [1.54, 1.807) is 7.05 Å². The number of anilines is 1. The minimum Gasteiger partial charge on any atom is -0.444 e. The van der Waals surface area contributed by atoms with Gasteiger partial charge in [-0.1, -0.05) is 0 Å². The van der Waals surface area contributed by atoms with E-state index in [1.807, 2.05) is 51.9 Å². The van der Waals surface area contributed by atoms with Crippen LogP contribution in [0.5, 0.6) is 0 Å². The highest BCUT2D eigenvalue weighted by Crippen LogP contribution is 2.27. The van der Waals surface area contributed by atoms with E-state index in [0.29, 0.717) is 18.7 Å². The Morgan fingerprint density at radius 1 is 1.26 bits per heavy atom. The van der Waals surface area contributed by atoms with Gasteiger partial charge in [0.15, 0.2) is 0 Å². The van der Waals surface area contributed by atoms with E-state index in [9.17, 15) is 9.59 Å². The lowest BCUT2D eigenvalue weighted by atomic mass is 10.0. The summed E-state index contributed by atoms with van der Waals surface area (Å²) in [5, 5.41) is 2.84. The number of carbonyl (C=O) groups excluding carboxylic acids is 2. The van der Waals surface area contributed by atoms with Crippen LogP contribution in [0.4, 0.5) is 10.5 Å². The van der Waals surface area contributed by atoms with Crippen LogP contribution in [0, 0.1) is 0 Å². The van der Waals surface area contributed by atoms with Crippen LogP contribution in [0.1, 0.15) is 42.3 Å². The molecule has 0 fully saturated rings. The van der Waals surface area contributed by atoms with Gasteiger partial charge in [0.2, 0.25) is 0 Å². The van der Waals surface area contributed by atoms with Crippen LogP contribution in [0.3, 0.4) is 0 Å². The van der Waals surface area contributed by atoms with E-state index < -0.39 is 5.60 Å². The highest BCUT2D eigenvalue weighted by atomic mass is 16.6. The number of amides is 2. The summed E-state index contributed by atoms with van der Waals surface area (Å²) in [6.07, 6.45) is -0.376. The van der Waals surface area contributed by atoms with Gasteiger partial charge in [0, 0.05) is 45.5 Å². The molecular weight excluding hydrogens is 294 g/mol. The van der Waals surface area contributed by atoms with Gasteiger partial charge in [0.1, 0.15) is 5.60 Å². The van der Waals surface area contributed by atoms with Crippen molar-refractivity contribution in [2.24, 2.45) is 0 Å². The predicted octanol–water partition coefficient (Wildman–Crippen LogP) is 2.36. The zero-order chi connectivity index (χ0) is 17.4. The summed E-state index contributed by atoms with van der Waals surface area (Å²) in [7, 11) is 5.55. The maximum atomic E-state index is 12.2. The zero-order valence-corrected chi connectivity index (χ0v) is 14.7. The van der Waals surface area contributed by atoms with E-state index in [1.165, 1.54) is 4.90 Å². The Morgan fingerprint density at radius 2 is 1.91 bits per heavy atom. The summed E-state index contributed by atoms with van der Waals surface area (Å²) < 4.78 is 5.38. The normalized spacial score (nSPS) is 13.4. The number of carbonyl (C=O) groups is 2. The van der Waals surface area contributed by atoms with Crippen molar-refractivity contribution >= 4 is 17.7 Å². The highest BCUT2D eigenvalue weighted by Gasteiger charge is 2.25. The minimum absolute atomic E-state index is 0.0649. The molecule has 23 heavy (non-hydrogen) atoms. The van der Waals surface area contributed by atoms with Crippen LogP contribution in [-0.2, 0) is 17.8 Å². The Morgan fingerprint density at radius 3 is 2.48 bits per heavy atom. The number of nitrogens with zero attached hydrogens (tertiary/aromatic N) is 2. The quantitative estimate of drug-likeness (QED) is 0.929. The fraction of sp³-hybridized carbons (Fsp3) is 0.529. The first-order valence-electron chi connectivity index (χ1n) is 7.64. The largest absolute Gasteiger partial charge is 0.444 e. The van der Waals surface area contributed by atoms with Gasteiger partial charge in [-0.2, -0.15) is 0 Å². The number of benzene rings is 1. The van der Waals surface area contributed by atoms with Gasteiger partial charge in [-0.25, -0.2) is 4.79 Å². The fourth-order valence-corrected chi connectivity index (χ4v) is 2.45. The first-order valence-corrected chi connectivity index (χ1v) is 7.64. The van der Waals surface area contributed by atoms with E-state index in [0.717, 1.165) is 16.8 Å². The van der Waals surface area contributed by atoms with Crippen molar-refractivity contribution in [3.63, 3.8) is 0 Å². The Balaban J connectivity index is 2.27. The van der Waals surface area contributed by atoms with Gasteiger partial charge in [-0.05, 0) is 44.0 Å². The van der Waals surface area contributed by atoms with Crippen LogP contribution in [0.2, 0.25) is 0 Å². The molecule has 0 radical (unpaired) electrons. The minimum atomic E-state index is -0.531. The molecule has 6 nitrogen and oxygen atoms in total. The SMILES string of the molecule is CN(Cc1cc(N(C)C)cc2c1CNC2=O)C(=O)OC(C)(C)C. The van der Waals surface area contributed by atoms with Crippen molar-refractivity contribution < 1.29 is 14.3 Å². The van der Waals surface area contributed by atoms with Crippen molar-refractivity contribution in [3.05, 3.63) is 28.8 Å². The van der Waals surface area contributed by atoms with Crippen molar-refractivity contribution in [2.75, 3.05) is 26.0 Å². The second-order valence-electron chi connectivity index (χ2n) is 7.04. The third-order valence-corrected chi connectivity index (χ3v) is 3.63. The van der Waals surface area contributed by atoms with E-state index in [4.69, 9.17) is 4.74 Å². The molecule has 1 heterocycles. The molecule has 0 atom stereocenters. The molecule has 0 bridgehead atoms. The summed E-state index contributed by atoms with van der Waals surface area (Å²) in [6.45, 7) is 6.41. The lowest BCUT2D eigenvalue weighted by Crippen LogP contribution is -2.34. The monoisotopic (exact) mass is 319 g/mol. The van der Waals surface area contributed by atoms with Crippen molar-refractivity contribution in [1.29, 1.82) is 0 Å². The third kappa shape index (κ3) is 3.94. The molecule has 0 unspecified atom stereocenters. The molecule has 1 aromatic carbocycles. The molecule has 0 saturated carbocycles. The summed E-state index contributed by atoms with van der Waals surface area (Å²) in [5.41, 5.74) is 3.00. The number of nitrogens with one attached hydrogen (secondary N) is 1. The second kappa shape index (κ2) is 6.10. The van der Waals surface area contributed by atoms with Crippen LogP contribution in [-0.4, -0.2) is 43.6 Å². The molecule has 0 aliphatic carbocycles. The average molecular weight is 319 g/mol. The molecule has 2 rings (SSSR count). The van der Waals surface area contributed by atoms with Gasteiger partial charge in [0.05, 0.1) is 0 Å². The first-order chi connectivity index (χ1) is 10.6. The Kier molecular flexibility index (Phi) is 4.54. The topological polar surface area (TPSA) is 61.9 Å². The number of ether oxygens (including phenoxy) is 1. The Hall–Kier alpha value is -2.24. The standard InChI is InChI=1S/C17H25N3O3/c1-17(2,3)23-16(22)20(6)10-11-7-12(19(4)5)8-13-14(11)9-18-15(13)21/h7-8H,9-10H2,1-6H3,(H,18,21). The number of hydrogen-bond donors (Lipinski definition) is 1. The first kappa shape index (κ1) is 17.1. The van der Waals surface area contributed by atoms with Crippen LogP contribution < -0.4 is 10.2 Å². The molecular formula is C17H25N3O3. The van der Waals surface area contributed by atoms with Crippen LogP contribution >= 0.6 is 0 Å². The lowest BCUT2D eigenvalue weighted by Gasteiger charge is -2.25. The van der Waals surface area contributed by atoms with Gasteiger partial charge in [-0.3, -0.25) is 4.79 Å². The van der Waals surface area contributed by atoms with E-state index in [-0.39, 0.29) is 12.0 Å². The summed E-state index contributed by atoms with van der Waals surface area (Å²) in [6, 6.07) is 3.90. The molecule has 0 spiro atoms. The Labute approximate surface area is 137 Å². The van der Waals surface area contributed by atoms with Crippen molar-refractivity contribution in [3.8, 4) is 0 Å². The predicted molar refractivity (Wildman–Crippen MR) is 89.6 cm³/mol. The smallest absolute Gasteiger partial charge is 0.410 e. The summed E-state index contributed by atoms with van der Waals surface area (Å²) in [4.78, 5) is 27.6. The van der Waals surface area contributed by atoms with Crippen molar-refractivity contribution in [2.45, 2.75) is 39.5 Å². The van der Waals surface area contributed by atoms with Crippen LogP contribution in [0.15, 0.2) is 12.1 Å². The van der Waals surface area contributed by atoms with E-state index in [2.05, 4.69) is 5.32 Å². The van der Waals surface area contributed by atoms with Gasteiger partial charge >= 0.3 is 6.09 Å². The zero-order valence-electron chi connectivity index (χ0n) is 14.7. The molecule has 1 aliphatic heterocycles. The van der Waals surface area contributed by atoms with Gasteiger partial charge in [-0.15, -0.1) is 0 Å². The van der Waals surface area contributed by atoms with Crippen LogP contribution in [0.25, 0.3) is 0 Å². The number of hydrogen-bond acceptors (Lipinski definition) is 4. The molecule has 1 N–H and O–H groups in total. The molecule has 2 amide bonds. The molecule has 126 valence electrons. The summed E-state index contributed by atoms with van der Waals surface area (Å²) in [5.74, 6) is -0.0649. The second-order valence-corrected chi connectivity index (χ2v) is 7.04.